The second kappa shape index (κ2) is 11.4. The van der Waals surface area contributed by atoms with Crippen molar-refractivity contribution in [3.63, 3.8) is 0 Å². The summed E-state index contributed by atoms with van der Waals surface area (Å²) in [4.78, 5) is 29.0. The molecule has 1 aliphatic heterocycles. The van der Waals surface area contributed by atoms with Crippen LogP contribution < -0.4 is 0 Å². The topological polar surface area (TPSA) is 85.1 Å². The van der Waals surface area contributed by atoms with E-state index >= 15 is 0 Å². The fourth-order valence-corrected chi connectivity index (χ4v) is 5.05. The highest BCUT2D eigenvalue weighted by molar-refractivity contribution is 5.71. The van der Waals surface area contributed by atoms with Crippen LogP contribution in [-0.4, -0.2) is 51.4 Å². The average Bonchev–Trinajstić information content (AvgIpc) is 3.39. The van der Waals surface area contributed by atoms with Crippen molar-refractivity contribution in [2.24, 2.45) is 0 Å². The Morgan fingerprint density at radius 3 is 2.12 bits per heavy atom. The maximum absolute atomic E-state index is 13.5. The third kappa shape index (κ3) is 7.45. The van der Waals surface area contributed by atoms with Gasteiger partial charge in [-0.2, -0.15) is 26.3 Å². The van der Waals surface area contributed by atoms with Crippen LogP contribution in [0, 0.1) is 0 Å². The number of ether oxygens (including phenoxy) is 2. The second-order valence-electron chi connectivity index (χ2n) is 11.2. The number of nitrogens with zero attached hydrogens (tertiary/aromatic N) is 3. The number of alkyl halides is 6. The zero-order valence-corrected chi connectivity index (χ0v) is 23.5. The number of piperidine rings is 1. The molecule has 228 valence electrons. The normalized spacial score (nSPS) is 21.9. The Labute approximate surface area is 233 Å². The van der Waals surface area contributed by atoms with Gasteiger partial charge in [-0.3, -0.25) is 4.90 Å². The summed E-state index contributed by atoms with van der Waals surface area (Å²) >= 11 is 0. The molecule has 3 unspecified atom stereocenters. The molecular formula is C27H33F6N3O5. The molecule has 2 aromatic rings. The summed E-state index contributed by atoms with van der Waals surface area (Å²) in [5.74, 6) is 0. The summed E-state index contributed by atoms with van der Waals surface area (Å²) in [6, 6.07) is 1.14. The van der Waals surface area contributed by atoms with Crippen molar-refractivity contribution in [1.82, 2.24) is 15.0 Å². The van der Waals surface area contributed by atoms with Crippen molar-refractivity contribution >= 4 is 12.2 Å². The van der Waals surface area contributed by atoms with Gasteiger partial charge in [0.1, 0.15) is 17.6 Å². The summed E-state index contributed by atoms with van der Waals surface area (Å²) < 4.78 is 96.6. The van der Waals surface area contributed by atoms with E-state index in [2.05, 4.69) is 5.16 Å². The van der Waals surface area contributed by atoms with Crippen LogP contribution in [0.15, 0.2) is 35.1 Å². The number of benzene rings is 1. The van der Waals surface area contributed by atoms with Gasteiger partial charge in [0, 0.05) is 24.2 Å². The Morgan fingerprint density at radius 1 is 1.10 bits per heavy atom. The molecule has 2 amide bonds. The van der Waals surface area contributed by atoms with Crippen LogP contribution in [-0.2, 0) is 28.4 Å². The van der Waals surface area contributed by atoms with Crippen LogP contribution in [0.4, 0.5) is 35.9 Å². The van der Waals surface area contributed by atoms with Gasteiger partial charge in [-0.1, -0.05) is 12.1 Å². The minimum absolute atomic E-state index is 0.0278. The number of likely N-dealkylation sites (tertiary alicyclic amines) is 1. The molecule has 0 spiro atoms. The first-order valence-corrected chi connectivity index (χ1v) is 12.8. The lowest BCUT2D eigenvalue weighted by molar-refractivity contribution is -0.143. The Balaban J connectivity index is 2.09. The largest absolute Gasteiger partial charge is 0.453 e. The third-order valence-corrected chi connectivity index (χ3v) is 7.07. The molecule has 0 N–H and O–H groups in total. The zero-order valence-electron chi connectivity index (χ0n) is 23.5. The first kappa shape index (κ1) is 32.1. The molecule has 3 atom stereocenters. The van der Waals surface area contributed by atoms with Crippen molar-refractivity contribution in [3.8, 4) is 0 Å². The maximum Gasteiger partial charge on any atom is 0.416 e. The molecule has 0 aliphatic carbocycles. The van der Waals surface area contributed by atoms with E-state index in [1.54, 1.807) is 27.7 Å². The number of carbonyl (C=O) groups excluding carboxylic acids is 2. The quantitative estimate of drug-likeness (QED) is 0.332. The molecule has 0 radical (unpaired) electrons. The Kier molecular flexibility index (Phi) is 8.95. The fraction of sp³-hybridized carbons (Fsp3) is 0.593. The van der Waals surface area contributed by atoms with Gasteiger partial charge in [-0.25, -0.2) is 9.59 Å². The Hall–Kier alpha value is -3.45. The van der Waals surface area contributed by atoms with Crippen molar-refractivity contribution < 1.29 is 49.9 Å². The second-order valence-corrected chi connectivity index (χ2v) is 11.2. The van der Waals surface area contributed by atoms with E-state index in [0.717, 1.165) is 12.0 Å². The number of aromatic nitrogens is 1. The average molecular weight is 594 g/mol. The van der Waals surface area contributed by atoms with E-state index in [-0.39, 0.29) is 24.5 Å². The van der Waals surface area contributed by atoms with E-state index in [1.807, 2.05) is 6.92 Å². The highest BCUT2D eigenvalue weighted by atomic mass is 19.4. The van der Waals surface area contributed by atoms with Crippen LogP contribution >= 0.6 is 0 Å². The first-order valence-electron chi connectivity index (χ1n) is 12.8. The first-order chi connectivity index (χ1) is 18.8. The van der Waals surface area contributed by atoms with Crippen LogP contribution in [0.25, 0.3) is 0 Å². The smallest absolute Gasteiger partial charge is 0.416 e. The SMILES string of the molecule is CCC1(C)CC(N(Cc2cc(C(F)(F)F)cc(C(F)(F)F)c2)C(=O)OC)CC(c2ccon2)N1C(=O)OC(C)(C)C. The van der Waals surface area contributed by atoms with Crippen LogP contribution in [0.3, 0.4) is 0 Å². The van der Waals surface area contributed by atoms with Gasteiger partial charge in [-0.15, -0.1) is 0 Å². The monoisotopic (exact) mass is 593 g/mol. The molecule has 1 fully saturated rings. The lowest BCUT2D eigenvalue weighted by Gasteiger charge is -2.52. The maximum atomic E-state index is 13.5. The van der Waals surface area contributed by atoms with Crippen molar-refractivity contribution in [2.75, 3.05) is 7.11 Å². The predicted octanol–water partition coefficient (Wildman–Crippen LogP) is 7.59. The lowest BCUT2D eigenvalue weighted by Crippen LogP contribution is -2.60. The molecule has 1 saturated heterocycles. The van der Waals surface area contributed by atoms with Crippen molar-refractivity contribution in [2.45, 2.75) is 96.0 Å². The minimum atomic E-state index is -5.05. The minimum Gasteiger partial charge on any atom is -0.453 e. The van der Waals surface area contributed by atoms with Gasteiger partial charge in [0.25, 0.3) is 0 Å². The van der Waals surface area contributed by atoms with Gasteiger partial charge in [0.05, 0.1) is 24.3 Å². The third-order valence-electron chi connectivity index (χ3n) is 7.07. The molecule has 41 heavy (non-hydrogen) atoms. The number of methoxy groups -OCH3 is 1. The Bertz CT molecular complexity index is 1190. The van der Waals surface area contributed by atoms with Gasteiger partial charge >= 0.3 is 24.5 Å². The van der Waals surface area contributed by atoms with E-state index in [0.29, 0.717) is 24.2 Å². The number of hydrogen-bond donors (Lipinski definition) is 0. The molecule has 3 rings (SSSR count). The molecule has 8 nitrogen and oxygen atoms in total. The summed E-state index contributed by atoms with van der Waals surface area (Å²) in [6.45, 7) is 8.07. The van der Waals surface area contributed by atoms with Crippen LogP contribution in [0.2, 0.25) is 0 Å². The number of hydrogen-bond acceptors (Lipinski definition) is 6. The molecule has 1 aliphatic rings. The van der Waals surface area contributed by atoms with Crippen molar-refractivity contribution in [3.05, 3.63) is 52.9 Å². The number of rotatable bonds is 5. The molecule has 1 aromatic carbocycles. The number of amides is 2. The number of carbonyl (C=O) groups is 2. The molecule has 0 saturated carbocycles. The zero-order chi connectivity index (χ0) is 31.0. The lowest BCUT2D eigenvalue weighted by atomic mass is 9.78. The van der Waals surface area contributed by atoms with Crippen LogP contribution in [0.1, 0.15) is 82.3 Å². The fourth-order valence-electron chi connectivity index (χ4n) is 5.05. The summed E-state index contributed by atoms with van der Waals surface area (Å²) in [5, 5.41) is 3.98. The van der Waals surface area contributed by atoms with Gasteiger partial charge in [0.2, 0.25) is 0 Å². The summed E-state index contributed by atoms with van der Waals surface area (Å²) in [7, 11) is 1.06. The highest BCUT2D eigenvalue weighted by Crippen LogP contribution is 2.45. The number of halogens is 6. The summed E-state index contributed by atoms with van der Waals surface area (Å²) in [5.41, 5.74) is -4.84. The van der Waals surface area contributed by atoms with E-state index in [1.165, 1.54) is 17.2 Å². The van der Waals surface area contributed by atoms with Crippen molar-refractivity contribution in [1.29, 1.82) is 0 Å². The standard InChI is InChI=1S/C27H33F6N3O5/c1-7-25(5)14-19(13-21(20-8-9-40-34-20)36(25)23(38)41-24(2,3)4)35(22(37)39-6)15-16-10-17(26(28,29)30)12-18(11-16)27(31,32)33/h8-12,19,21H,7,13-15H2,1-6H3. The van der Waals surface area contributed by atoms with E-state index in [9.17, 15) is 35.9 Å². The molecule has 0 bridgehead atoms. The predicted molar refractivity (Wildman–Crippen MR) is 133 cm³/mol. The van der Waals surface area contributed by atoms with Crippen LogP contribution in [0.5, 0.6) is 0 Å². The van der Waals surface area contributed by atoms with E-state index < -0.39 is 65.4 Å². The summed E-state index contributed by atoms with van der Waals surface area (Å²) in [6.07, 6.45) is -9.88. The van der Waals surface area contributed by atoms with Gasteiger partial charge < -0.3 is 18.9 Å². The Morgan fingerprint density at radius 2 is 1.68 bits per heavy atom. The highest BCUT2D eigenvalue weighted by Gasteiger charge is 2.50. The molecule has 2 heterocycles. The molecule has 1 aromatic heterocycles. The van der Waals surface area contributed by atoms with E-state index in [4.69, 9.17) is 14.0 Å². The molecular weight excluding hydrogens is 560 g/mol. The molecule has 14 heteroatoms. The van der Waals surface area contributed by atoms with Gasteiger partial charge in [-0.05, 0) is 70.7 Å². The van der Waals surface area contributed by atoms with Gasteiger partial charge in [0.15, 0.2) is 0 Å².